The predicted molar refractivity (Wildman–Crippen MR) is 120 cm³/mol. The molecule has 0 amide bonds. The maximum Gasteiger partial charge on any atom is 0.474 e. The fourth-order valence-corrected chi connectivity index (χ4v) is 4.22. The fraction of sp³-hybridized carbons (Fsp3) is 0.955. The molecule has 1 N–H and O–H groups in total. The molecule has 1 rings (SSSR count). The Hall–Kier alpha value is -0.540. The van der Waals surface area contributed by atoms with Gasteiger partial charge < -0.3 is 19.3 Å². The number of unbranched alkanes of at least 4 members (excludes halogenated alkanes) is 8. The topological polar surface area (TPSA) is 110 Å². The number of carbonyl (C=O) groups is 1. The molecular weight excluding hydrogens is 439 g/mol. The Morgan fingerprint density at radius 1 is 1.06 bits per heavy atom. The van der Waals surface area contributed by atoms with Gasteiger partial charge in [0.2, 0.25) is 0 Å². The van der Waals surface area contributed by atoms with Crippen molar-refractivity contribution in [2.24, 2.45) is 0 Å². The summed E-state index contributed by atoms with van der Waals surface area (Å²) < 4.78 is 43.7. The van der Waals surface area contributed by atoms with Crippen LogP contribution in [-0.4, -0.2) is 62.6 Å². The lowest BCUT2D eigenvalue weighted by Crippen LogP contribution is -2.25. The first-order chi connectivity index (χ1) is 15.2. The van der Waals surface area contributed by atoms with Crippen LogP contribution in [0, 0.1) is 0 Å². The molecule has 3 atom stereocenters. The highest BCUT2D eigenvalue weighted by atomic mass is 31.2. The fourth-order valence-electron chi connectivity index (χ4n) is 3.23. The summed E-state index contributed by atoms with van der Waals surface area (Å²) in [6.07, 6.45) is 9.30. The third-order valence-corrected chi connectivity index (χ3v) is 6.43. The molecule has 190 valence electrons. The van der Waals surface area contributed by atoms with Gasteiger partial charge in [0.25, 0.3) is 0 Å². The van der Waals surface area contributed by atoms with Crippen molar-refractivity contribution >= 4 is 13.8 Å². The second-order valence-corrected chi connectivity index (χ2v) is 10.4. The van der Waals surface area contributed by atoms with E-state index in [4.69, 9.17) is 27.8 Å². The highest BCUT2D eigenvalue weighted by Crippen LogP contribution is 2.49. The van der Waals surface area contributed by atoms with E-state index in [0.29, 0.717) is 13.0 Å². The maximum absolute atomic E-state index is 12.5. The summed E-state index contributed by atoms with van der Waals surface area (Å²) in [6, 6.07) is 0. The average Bonchev–Trinajstić information content (AvgIpc) is 3.12. The molecule has 1 saturated heterocycles. The number of carbonyl (C=O) groups excluding carboxylic acids is 1. The monoisotopic (exact) mass is 482 g/mol. The van der Waals surface area contributed by atoms with E-state index < -0.39 is 25.8 Å². The summed E-state index contributed by atoms with van der Waals surface area (Å²) in [5.74, 6) is -1.08. The summed E-state index contributed by atoms with van der Waals surface area (Å²) in [5, 5.41) is 9.96. The van der Waals surface area contributed by atoms with Gasteiger partial charge in [0, 0.05) is 13.5 Å². The normalized spacial score (nSPS) is 20.7. The van der Waals surface area contributed by atoms with Gasteiger partial charge in [-0.05, 0) is 20.3 Å². The van der Waals surface area contributed by atoms with E-state index in [1.165, 1.54) is 45.6 Å². The minimum atomic E-state index is -3.87. The van der Waals surface area contributed by atoms with Crippen molar-refractivity contribution in [3.05, 3.63) is 0 Å². The number of esters is 1. The predicted octanol–water partition coefficient (Wildman–Crippen LogP) is 4.75. The number of aliphatic hydroxyl groups excluding tert-OH is 1. The molecule has 9 nitrogen and oxygen atoms in total. The molecule has 1 unspecified atom stereocenters. The van der Waals surface area contributed by atoms with Gasteiger partial charge in [-0.15, -0.1) is 0 Å². The standard InChI is InChI=1S/C22H43O9P/c1-5-6-7-8-9-10-11-12-13-14-21(24)27-15-19(23)16-29-32(25,26-4)30-18-20-17-28-22(2,3)31-20/h19-20,23H,5-18H2,1-4H3/t19-,20+,32?/m1/s1. The number of phosphoric acid groups is 1. The van der Waals surface area contributed by atoms with E-state index in [0.717, 1.165) is 19.3 Å². The molecule has 0 radical (unpaired) electrons. The van der Waals surface area contributed by atoms with Crippen LogP contribution in [-0.2, 0) is 37.1 Å². The summed E-state index contributed by atoms with van der Waals surface area (Å²) >= 11 is 0. The lowest BCUT2D eigenvalue weighted by atomic mass is 10.1. The zero-order valence-corrected chi connectivity index (χ0v) is 21.1. The first-order valence-electron chi connectivity index (χ1n) is 11.8. The van der Waals surface area contributed by atoms with Crippen molar-refractivity contribution in [1.29, 1.82) is 0 Å². The minimum absolute atomic E-state index is 0.0433. The molecule has 10 heteroatoms. The summed E-state index contributed by atoms with van der Waals surface area (Å²) in [7, 11) is -2.68. The van der Waals surface area contributed by atoms with Gasteiger partial charge in [-0.3, -0.25) is 18.4 Å². The molecule has 0 aromatic rings. The van der Waals surface area contributed by atoms with Crippen LogP contribution in [0.2, 0.25) is 0 Å². The van der Waals surface area contributed by atoms with Crippen molar-refractivity contribution in [3.63, 3.8) is 0 Å². The lowest BCUT2D eigenvalue weighted by Gasteiger charge is -2.20. The third-order valence-electron chi connectivity index (χ3n) is 5.06. The highest BCUT2D eigenvalue weighted by molar-refractivity contribution is 7.48. The van der Waals surface area contributed by atoms with Crippen LogP contribution in [0.1, 0.15) is 85.0 Å². The Labute approximate surface area is 193 Å². The summed E-state index contributed by atoms with van der Waals surface area (Å²) in [4.78, 5) is 11.8. The molecule has 1 heterocycles. The maximum atomic E-state index is 12.5. The van der Waals surface area contributed by atoms with E-state index in [1.807, 2.05) is 0 Å². The number of phosphoric ester groups is 1. The first-order valence-corrected chi connectivity index (χ1v) is 13.3. The SMILES string of the molecule is CCCCCCCCCCCC(=O)OC[C@@H](O)COP(=O)(OC)OC[C@@H]1COC(C)(C)O1. The van der Waals surface area contributed by atoms with Crippen molar-refractivity contribution < 1.29 is 42.2 Å². The van der Waals surface area contributed by atoms with Gasteiger partial charge in [-0.1, -0.05) is 58.3 Å². The van der Waals surface area contributed by atoms with Gasteiger partial charge in [0.05, 0.1) is 19.8 Å². The smallest absolute Gasteiger partial charge is 0.463 e. The minimum Gasteiger partial charge on any atom is -0.463 e. The molecule has 32 heavy (non-hydrogen) atoms. The second-order valence-electron chi connectivity index (χ2n) is 8.59. The number of hydrogen-bond acceptors (Lipinski definition) is 9. The average molecular weight is 483 g/mol. The van der Waals surface area contributed by atoms with E-state index in [2.05, 4.69) is 6.92 Å². The quantitative estimate of drug-likeness (QED) is 0.158. The Morgan fingerprint density at radius 3 is 2.25 bits per heavy atom. The highest BCUT2D eigenvalue weighted by Gasteiger charge is 2.35. The Morgan fingerprint density at radius 2 is 1.69 bits per heavy atom. The molecule has 0 saturated carbocycles. The Balaban J connectivity index is 2.09. The zero-order valence-electron chi connectivity index (χ0n) is 20.2. The number of rotatable bonds is 19. The van der Waals surface area contributed by atoms with E-state index >= 15 is 0 Å². The van der Waals surface area contributed by atoms with E-state index in [1.54, 1.807) is 13.8 Å². The van der Waals surface area contributed by atoms with Crippen molar-refractivity contribution in [1.82, 2.24) is 0 Å². The first kappa shape index (κ1) is 29.5. The van der Waals surface area contributed by atoms with Crippen molar-refractivity contribution in [2.75, 3.05) is 33.5 Å². The zero-order chi connectivity index (χ0) is 23.9. The van der Waals surface area contributed by atoms with Crippen LogP contribution in [0.25, 0.3) is 0 Å². The summed E-state index contributed by atoms with van der Waals surface area (Å²) in [6.45, 7) is 5.41. The lowest BCUT2D eigenvalue weighted by molar-refractivity contribution is -0.147. The van der Waals surface area contributed by atoms with Gasteiger partial charge in [-0.2, -0.15) is 0 Å². The number of aliphatic hydroxyl groups is 1. The summed E-state index contributed by atoms with van der Waals surface area (Å²) in [5.41, 5.74) is 0. The van der Waals surface area contributed by atoms with E-state index in [-0.39, 0.29) is 25.8 Å². The van der Waals surface area contributed by atoms with Gasteiger partial charge in [0.1, 0.15) is 18.8 Å². The van der Waals surface area contributed by atoms with Gasteiger partial charge in [0.15, 0.2) is 5.79 Å². The van der Waals surface area contributed by atoms with Crippen LogP contribution in [0.5, 0.6) is 0 Å². The largest absolute Gasteiger partial charge is 0.474 e. The van der Waals surface area contributed by atoms with Crippen LogP contribution in [0.3, 0.4) is 0 Å². The van der Waals surface area contributed by atoms with E-state index in [9.17, 15) is 14.5 Å². The number of hydrogen-bond donors (Lipinski definition) is 1. The molecule has 0 bridgehead atoms. The molecule has 1 fully saturated rings. The number of ether oxygens (including phenoxy) is 3. The Kier molecular flexibility index (Phi) is 14.9. The molecule has 1 aliphatic heterocycles. The van der Waals surface area contributed by atoms with Gasteiger partial charge in [-0.25, -0.2) is 4.57 Å². The van der Waals surface area contributed by atoms with Crippen LogP contribution in [0.4, 0.5) is 0 Å². The molecular formula is C22H43O9P. The Bertz CT molecular complexity index is 556. The third kappa shape index (κ3) is 13.9. The molecule has 0 aliphatic carbocycles. The molecule has 0 aromatic carbocycles. The van der Waals surface area contributed by atoms with Gasteiger partial charge >= 0.3 is 13.8 Å². The van der Waals surface area contributed by atoms with Crippen LogP contribution >= 0.6 is 7.82 Å². The van der Waals surface area contributed by atoms with Crippen LogP contribution < -0.4 is 0 Å². The second kappa shape index (κ2) is 16.1. The molecule has 0 aromatic heterocycles. The molecule has 0 spiro atoms. The van der Waals surface area contributed by atoms with Crippen LogP contribution in [0.15, 0.2) is 0 Å². The van der Waals surface area contributed by atoms with Crippen molar-refractivity contribution in [2.45, 2.75) is 103 Å². The molecule has 1 aliphatic rings. The van der Waals surface area contributed by atoms with Crippen molar-refractivity contribution in [3.8, 4) is 0 Å².